The Kier molecular flexibility index (Phi) is 6.17. The summed E-state index contributed by atoms with van der Waals surface area (Å²) in [6.45, 7) is 2.89. The molecule has 0 aliphatic rings. The number of amides is 1. The smallest absolute Gasteiger partial charge is 0.254 e. The average molecular weight is 416 g/mol. The number of rotatable bonds is 6. The fourth-order valence-electron chi connectivity index (χ4n) is 2.94. The SMILES string of the molecule is CCn1ncc(Cl)c1CN(C)C(=O)c1ccccc1C(=O)c1ccc(Cl)cc1. The Morgan fingerprint density at radius 2 is 1.68 bits per heavy atom. The lowest BCUT2D eigenvalue weighted by Crippen LogP contribution is -2.29. The van der Waals surface area contributed by atoms with Gasteiger partial charge < -0.3 is 4.90 Å². The third kappa shape index (κ3) is 4.11. The van der Waals surface area contributed by atoms with Crippen LogP contribution < -0.4 is 0 Å². The van der Waals surface area contributed by atoms with Crippen LogP contribution >= 0.6 is 23.2 Å². The van der Waals surface area contributed by atoms with E-state index in [9.17, 15) is 9.59 Å². The summed E-state index contributed by atoms with van der Waals surface area (Å²) in [4.78, 5) is 27.5. The number of benzene rings is 2. The van der Waals surface area contributed by atoms with Crippen molar-refractivity contribution >= 4 is 34.9 Å². The predicted octanol–water partition coefficient (Wildman–Crippen LogP) is 4.71. The lowest BCUT2D eigenvalue weighted by atomic mass is 9.97. The molecule has 0 fully saturated rings. The molecule has 0 bridgehead atoms. The number of nitrogens with zero attached hydrogens (tertiary/aromatic N) is 3. The molecule has 3 rings (SSSR count). The van der Waals surface area contributed by atoms with Gasteiger partial charge in [-0.2, -0.15) is 5.10 Å². The van der Waals surface area contributed by atoms with Crippen LogP contribution in [-0.4, -0.2) is 33.4 Å². The Hall–Kier alpha value is -2.63. The molecule has 0 radical (unpaired) electrons. The van der Waals surface area contributed by atoms with Crippen molar-refractivity contribution in [3.8, 4) is 0 Å². The number of carbonyl (C=O) groups is 2. The highest BCUT2D eigenvalue weighted by Crippen LogP contribution is 2.21. The van der Waals surface area contributed by atoms with E-state index < -0.39 is 0 Å². The number of ketones is 1. The van der Waals surface area contributed by atoms with E-state index in [-0.39, 0.29) is 18.2 Å². The number of aryl methyl sites for hydroxylation is 1. The second-order valence-electron chi connectivity index (χ2n) is 6.30. The monoisotopic (exact) mass is 415 g/mol. The molecule has 0 aliphatic heterocycles. The van der Waals surface area contributed by atoms with Crippen molar-refractivity contribution < 1.29 is 9.59 Å². The third-order valence-corrected chi connectivity index (χ3v) is 5.01. The molecular formula is C21H19Cl2N3O2. The molecule has 3 aromatic rings. The first-order chi connectivity index (χ1) is 13.4. The van der Waals surface area contributed by atoms with Crippen molar-refractivity contribution in [1.82, 2.24) is 14.7 Å². The minimum Gasteiger partial charge on any atom is -0.336 e. The van der Waals surface area contributed by atoms with E-state index >= 15 is 0 Å². The van der Waals surface area contributed by atoms with E-state index in [1.807, 2.05) is 6.92 Å². The average Bonchev–Trinajstić information content (AvgIpc) is 3.07. The molecule has 144 valence electrons. The van der Waals surface area contributed by atoms with Gasteiger partial charge in [-0.15, -0.1) is 0 Å². The Morgan fingerprint density at radius 1 is 1.04 bits per heavy atom. The predicted molar refractivity (Wildman–Crippen MR) is 110 cm³/mol. The van der Waals surface area contributed by atoms with Crippen LogP contribution in [0.5, 0.6) is 0 Å². The molecule has 0 N–H and O–H groups in total. The molecule has 2 aromatic carbocycles. The molecule has 1 aromatic heterocycles. The maximum absolute atomic E-state index is 13.1. The fourth-order valence-corrected chi connectivity index (χ4v) is 3.27. The Morgan fingerprint density at radius 3 is 2.32 bits per heavy atom. The van der Waals surface area contributed by atoms with Crippen LogP contribution in [0.2, 0.25) is 10.0 Å². The summed E-state index contributed by atoms with van der Waals surface area (Å²) in [7, 11) is 1.68. The van der Waals surface area contributed by atoms with E-state index in [2.05, 4.69) is 5.10 Å². The highest BCUT2D eigenvalue weighted by molar-refractivity contribution is 6.31. The molecule has 28 heavy (non-hydrogen) atoms. The highest BCUT2D eigenvalue weighted by atomic mass is 35.5. The molecule has 0 unspecified atom stereocenters. The van der Waals surface area contributed by atoms with Gasteiger partial charge >= 0.3 is 0 Å². The lowest BCUT2D eigenvalue weighted by molar-refractivity contribution is 0.0777. The standard InChI is InChI=1S/C21H19Cl2N3O2/c1-3-26-19(18(23)12-24-26)13-25(2)21(28)17-7-5-4-6-16(17)20(27)14-8-10-15(22)11-9-14/h4-12H,3,13H2,1-2H3. The summed E-state index contributed by atoms with van der Waals surface area (Å²) in [6, 6.07) is 13.4. The summed E-state index contributed by atoms with van der Waals surface area (Å²) in [6.07, 6.45) is 1.57. The maximum atomic E-state index is 13.1. The van der Waals surface area contributed by atoms with Crippen molar-refractivity contribution in [3.63, 3.8) is 0 Å². The summed E-state index contributed by atoms with van der Waals surface area (Å²) < 4.78 is 1.75. The molecule has 0 atom stereocenters. The molecule has 0 saturated heterocycles. The zero-order valence-corrected chi connectivity index (χ0v) is 17.0. The maximum Gasteiger partial charge on any atom is 0.254 e. The van der Waals surface area contributed by atoms with Gasteiger partial charge in [-0.1, -0.05) is 41.4 Å². The third-order valence-electron chi connectivity index (χ3n) is 4.44. The van der Waals surface area contributed by atoms with Crippen LogP contribution in [0.1, 0.15) is 38.9 Å². The lowest BCUT2D eigenvalue weighted by Gasteiger charge is -2.19. The molecule has 0 spiro atoms. The second kappa shape index (κ2) is 8.59. The molecule has 7 heteroatoms. The molecular weight excluding hydrogens is 397 g/mol. The van der Waals surface area contributed by atoms with Gasteiger partial charge in [-0.05, 0) is 37.3 Å². The fraction of sp³-hybridized carbons (Fsp3) is 0.190. The van der Waals surface area contributed by atoms with Crippen molar-refractivity contribution in [2.24, 2.45) is 0 Å². The second-order valence-corrected chi connectivity index (χ2v) is 7.14. The number of halogens is 2. The molecule has 1 amide bonds. The van der Waals surface area contributed by atoms with Gasteiger partial charge in [0.25, 0.3) is 5.91 Å². The number of hydrogen-bond acceptors (Lipinski definition) is 3. The summed E-state index contributed by atoms with van der Waals surface area (Å²) in [5, 5.41) is 5.25. The Balaban J connectivity index is 1.89. The van der Waals surface area contributed by atoms with E-state index in [0.717, 1.165) is 5.69 Å². The van der Waals surface area contributed by atoms with Crippen LogP contribution in [0, 0.1) is 0 Å². The topological polar surface area (TPSA) is 55.2 Å². The van der Waals surface area contributed by atoms with Crippen molar-refractivity contribution in [2.45, 2.75) is 20.0 Å². The normalized spacial score (nSPS) is 10.7. The molecule has 1 heterocycles. The minimum atomic E-state index is -0.266. The first-order valence-corrected chi connectivity index (χ1v) is 9.53. The van der Waals surface area contributed by atoms with Gasteiger partial charge in [0.2, 0.25) is 0 Å². The summed E-state index contributed by atoms with van der Waals surface area (Å²) >= 11 is 12.1. The zero-order valence-electron chi connectivity index (χ0n) is 15.5. The number of aromatic nitrogens is 2. The van der Waals surface area contributed by atoms with Gasteiger partial charge in [0.1, 0.15) is 0 Å². The van der Waals surface area contributed by atoms with Crippen LogP contribution in [0.25, 0.3) is 0 Å². The van der Waals surface area contributed by atoms with E-state index in [4.69, 9.17) is 23.2 Å². The molecule has 0 saturated carbocycles. The van der Waals surface area contributed by atoms with Crippen molar-refractivity contribution in [1.29, 1.82) is 0 Å². The Bertz CT molecular complexity index is 1010. The summed E-state index contributed by atoms with van der Waals surface area (Å²) in [5.41, 5.74) is 1.90. The zero-order chi connectivity index (χ0) is 20.3. The van der Waals surface area contributed by atoms with Gasteiger partial charge in [0.05, 0.1) is 29.0 Å². The largest absolute Gasteiger partial charge is 0.336 e. The van der Waals surface area contributed by atoms with Crippen molar-refractivity contribution in [2.75, 3.05) is 7.05 Å². The van der Waals surface area contributed by atoms with Crippen LogP contribution in [-0.2, 0) is 13.1 Å². The van der Waals surface area contributed by atoms with Gasteiger partial charge in [0, 0.05) is 29.7 Å². The van der Waals surface area contributed by atoms with E-state index in [1.165, 1.54) is 4.90 Å². The van der Waals surface area contributed by atoms with Gasteiger partial charge in [-0.3, -0.25) is 14.3 Å². The van der Waals surface area contributed by atoms with Crippen molar-refractivity contribution in [3.05, 3.63) is 87.2 Å². The number of hydrogen-bond donors (Lipinski definition) is 0. The molecule has 0 aliphatic carbocycles. The van der Waals surface area contributed by atoms with Gasteiger partial charge in [0.15, 0.2) is 5.78 Å². The first-order valence-electron chi connectivity index (χ1n) is 8.77. The quantitative estimate of drug-likeness (QED) is 0.547. The van der Waals surface area contributed by atoms with Crippen LogP contribution in [0.4, 0.5) is 0 Å². The van der Waals surface area contributed by atoms with E-state index in [1.54, 1.807) is 66.5 Å². The summed E-state index contributed by atoms with van der Waals surface area (Å²) in [5.74, 6) is -0.497. The minimum absolute atomic E-state index is 0.231. The van der Waals surface area contributed by atoms with Crippen LogP contribution in [0.15, 0.2) is 54.7 Å². The van der Waals surface area contributed by atoms with Crippen LogP contribution in [0.3, 0.4) is 0 Å². The highest BCUT2D eigenvalue weighted by Gasteiger charge is 2.22. The Labute approximate surface area is 173 Å². The number of carbonyl (C=O) groups excluding carboxylic acids is 2. The first kappa shape index (κ1) is 20.1. The molecule has 5 nitrogen and oxygen atoms in total. The van der Waals surface area contributed by atoms with E-state index in [0.29, 0.717) is 33.3 Å². The van der Waals surface area contributed by atoms with Gasteiger partial charge in [-0.25, -0.2) is 0 Å².